The molecule has 0 saturated carbocycles. The van der Waals surface area contributed by atoms with Gasteiger partial charge in [0.15, 0.2) is 0 Å². The molecule has 9 heavy (non-hydrogen) atoms. The fourth-order valence-corrected chi connectivity index (χ4v) is 0.640. The van der Waals surface area contributed by atoms with E-state index in [1.807, 2.05) is 12.3 Å². The van der Waals surface area contributed by atoms with E-state index in [0.717, 1.165) is 6.54 Å². The first-order valence-electron chi connectivity index (χ1n) is 2.85. The van der Waals surface area contributed by atoms with Crippen LogP contribution in [0.3, 0.4) is 0 Å². The van der Waals surface area contributed by atoms with Crippen LogP contribution in [0.15, 0.2) is 17.4 Å². The van der Waals surface area contributed by atoms with Crippen molar-refractivity contribution < 1.29 is 17.0 Å². The maximum Gasteiger partial charge on any atom is 0.124 e. The summed E-state index contributed by atoms with van der Waals surface area (Å²) in [7, 11) is 2.07. The molecule has 0 aromatic carbocycles. The summed E-state index contributed by atoms with van der Waals surface area (Å²) in [6.45, 7) is 3.15. The van der Waals surface area contributed by atoms with Crippen LogP contribution in [0.5, 0.6) is 0 Å². The van der Waals surface area contributed by atoms with Gasteiger partial charge in [-0.2, -0.15) is 4.59 Å². The Labute approximate surface area is 61.9 Å². The van der Waals surface area contributed by atoms with E-state index < -0.39 is 0 Å². The molecule has 0 N–H and O–H groups in total. The summed E-state index contributed by atoms with van der Waals surface area (Å²) in [5.74, 6) is 0. The molecule has 0 saturated heterocycles. The van der Waals surface area contributed by atoms with Gasteiger partial charge in [-0.25, -0.2) is 0 Å². The Hall–Kier alpha value is -0.340. The minimum atomic E-state index is 0. The second kappa shape index (κ2) is 2.99. The van der Waals surface area contributed by atoms with Gasteiger partial charge in [0, 0.05) is 6.08 Å². The Balaban J connectivity index is 0.000000640. The van der Waals surface area contributed by atoms with E-state index >= 15 is 0 Å². The molecule has 0 aliphatic carbocycles. The second-order valence-corrected chi connectivity index (χ2v) is 2.14. The van der Waals surface area contributed by atoms with Gasteiger partial charge < -0.3 is 12.4 Å². The molecule has 1 unspecified atom stereocenters. The smallest absolute Gasteiger partial charge is 0.124 e. The Kier molecular flexibility index (Phi) is 2.88. The summed E-state index contributed by atoms with van der Waals surface area (Å²) in [5.41, 5.74) is 0. The number of allylic oxidation sites excluding steroid dienone is 1. The van der Waals surface area contributed by atoms with Crippen molar-refractivity contribution in [2.45, 2.75) is 6.92 Å². The summed E-state index contributed by atoms with van der Waals surface area (Å²) in [4.78, 5) is 0. The molecular formula is C6H11ClN2. The predicted octanol–water partition coefficient (Wildman–Crippen LogP) is -2.03. The van der Waals surface area contributed by atoms with Gasteiger partial charge in [-0.15, -0.1) is 0 Å². The molecule has 2 nitrogen and oxygen atoms in total. The molecule has 1 atom stereocenters. The Morgan fingerprint density at radius 1 is 1.56 bits per heavy atom. The standard InChI is InChI=1S/C6H11N2.ClH/c1-3-8(2)6-4-5-7-8;/h4-6H,3H2,1-2H3;1H/q+1;/p-1. The normalized spacial score (nSPS) is 30.4. The van der Waals surface area contributed by atoms with E-state index in [0.29, 0.717) is 4.59 Å². The molecular weight excluding hydrogens is 136 g/mol. The lowest BCUT2D eigenvalue weighted by molar-refractivity contribution is -0.861. The van der Waals surface area contributed by atoms with Crippen LogP contribution >= 0.6 is 0 Å². The molecule has 0 aromatic rings. The van der Waals surface area contributed by atoms with Crippen LogP contribution in [-0.2, 0) is 0 Å². The van der Waals surface area contributed by atoms with Gasteiger partial charge in [0.2, 0.25) is 0 Å². The summed E-state index contributed by atoms with van der Waals surface area (Å²) in [6.07, 6.45) is 5.88. The van der Waals surface area contributed by atoms with E-state index in [-0.39, 0.29) is 12.4 Å². The van der Waals surface area contributed by atoms with Crippen LogP contribution in [0.4, 0.5) is 0 Å². The number of hydrogen-bond acceptors (Lipinski definition) is 1. The minimum absolute atomic E-state index is 0. The van der Waals surface area contributed by atoms with Crippen LogP contribution in [0.1, 0.15) is 6.92 Å². The third-order valence-electron chi connectivity index (χ3n) is 1.46. The van der Waals surface area contributed by atoms with E-state index in [4.69, 9.17) is 0 Å². The molecule has 0 fully saturated rings. The molecule has 1 aliphatic rings. The van der Waals surface area contributed by atoms with E-state index in [2.05, 4.69) is 25.3 Å². The summed E-state index contributed by atoms with van der Waals surface area (Å²) >= 11 is 0. The SMILES string of the molecule is CC[N+]1(C)C=CC=N1.[Cl-]. The number of nitrogens with zero attached hydrogens (tertiary/aromatic N) is 2. The number of rotatable bonds is 1. The van der Waals surface area contributed by atoms with Crippen LogP contribution in [-0.4, -0.2) is 24.4 Å². The van der Waals surface area contributed by atoms with Crippen molar-refractivity contribution in [1.82, 2.24) is 0 Å². The fraction of sp³-hybridized carbons (Fsp3) is 0.500. The number of quaternary nitrogens is 1. The monoisotopic (exact) mass is 146 g/mol. The van der Waals surface area contributed by atoms with Crippen molar-refractivity contribution in [1.29, 1.82) is 0 Å². The first kappa shape index (κ1) is 8.66. The Morgan fingerprint density at radius 2 is 2.22 bits per heavy atom. The van der Waals surface area contributed by atoms with Gasteiger partial charge in [-0.1, -0.05) is 5.10 Å². The van der Waals surface area contributed by atoms with Crippen molar-refractivity contribution in [2.75, 3.05) is 13.6 Å². The van der Waals surface area contributed by atoms with Gasteiger partial charge in [0.05, 0.1) is 13.3 Å². The molecule has 0 amide bonds. The first-order valence-corrected chi connectivity index (χ1v) is 2.85. The molecule has 1 rings (SSSR count). The largest absolute Gasteiger partial charge is 1.00 e. The summed E-state index contributed by atoms with van der Waals surface area (Å²) in [5, 5.41) is 4.19. The molecule has 1 aliphatic heterocycles. The number of hydrogen-bond donors (Lipinski definition) is 0. The van der Waals surface area contributed by atoms with E-state index in [1.165, 1.54) is 0 Å². The first-order chi connectivity index (χ1) is 3.77. The van der Waals surface area contributed by atoms with Crippen molar-refractivity contribution in [3.63, 3.8) is 0 Å². The van der Waals surface area contributed by atoms with E-state index in [1.54, 1.807) is 0 Å². The quantitative estimate of drug-likeness (QED) is 0.379. The molecule has 52 valence electrons. The van der Waals surface area contributed by atoms with Gasteiger partial charge in [0.1, 0.15) is 12.7 Å². The molecule has 1 heterocycles. The van der Waals surface area contributed by atoms with Crippen LogP contribution in [0, 0.1) is 0 Å². The predicted molar refractivity (Wildman–Crippen MR) is 34.4 cm³/mol. The van der Waals surface area contributed by atoms with Crippen molar-refractivity contribution in [3.05, 3.63) is 12.3 Å². The average Bonchev–Trinajstić information content (AvgIpc) is 2.17. The van der Waals surface area contributed by atoms with Crippen LogP contribution in [0.2, 0.25) is 0 Å². The van der Waals surface area contributed by atoms with Crippen LogP contribution in [0.25, 0.3) is 0 Å². The molecule has 0 aromatic heterocycles. The third kappa shape index (κ3) is 1.80. The second-order valence-electron chi connectivity index (χ2n) is 2.14. The van der Waals surface area contributed by atoms with Crippen molar-refractivity contribution >= 4 is 6.21 Å². The minimum Gasteiger partial charge on any atom is -1.00 e. The summed E-state index contributed by atoms with van der Waals surface area (Å²) in [6, 6.07) is 0. The Morgan fingerprint density at radius 3 is 2.44 bits per heavy atom. The van der Waals surface area contributed by atoms with Crippen molar-refractivity contribution in [3.8, 4) is 0 Å². The molecule has 0 radical (unpaired) electrons. The highest BCUT2D eigenvalue weighted by molar-refractivity contribution is 5.71. The zero-order valence-electron chi connectivity index (χ0n) is 5.71. The van der Waals surface area contributed by atoms with Gasteiger partial charge in [-0.05, 0) is 6.92 Å². The topological polar surface area (TPSA) is 12.4 Å². The maximum atomic E-state index is 4.19. The maximum absolute atomic E-state index is 4.19. The lowest BCUT2D eigenvalue weighted by Gasteiger charge is -2.16. The van der Waals surface area contributed by atoms with Crippen LogP contribution < -0.4 is 12.4 Å². The lowest BCUT2D eigenvalue weighted by atomic mass is 10.6. The lowest BCUT2D eigenvalue weighted by Crippen LogP contribution is -3.00. The van der Waals surface area contributed by atoms with Gasteiger partial charge in [-0.3, -0.25) is 0 Å². The number of halogens is 1. The van der Waals surface area contributed by atoms with Gasteiger partial charge >= 0.3 is 0 Å². The molecule has 0 bridgehead atoms. The highest BCUT2D eigenvalue weighted by atomic mass is 35.5. The highest BCUT2D eigenvalue weighted by Crippen LogP contribution is 2.07. The van der Waals surface area contributed by atoms with E-state index in [9.17, 15) is 0 Å². The van der Waals surface area contributed by atoms with Crippen molar-refractivity contribution in [2.24, 2.45) is 5.10 Å². The zero-order chi connectivity index (χ0) is 6.04. The fourth-order valence-electron chi connectivity index (χ4n) is 0.640. The molecule has 0 spiro atoms. The highest BCUT2D eigenvalue weighted by Gasteiger charge is 2.15. The average molecular weight is 147 g/mol. The van der Waals surface area contributed by atoms with Gasteiger partial charge in [0.25, 0.3) is 0 Å². The molecule has 3 heteroatoms. The third-order valence-corrected chi connectivity index (χ3v) is 1.46. The zero-order valence-corrected chi connectivity index (χ0v) is 6.47. The summed E-state index contributed by atoms with van der Waals surface area (Å²) < 4.78 is 0.708. The Bertz CT molecular complexity index is 128.